The molecule has 3 rings (SSSR count). The summed E-state index contributed by atoms with van der Waals surface area (Å²) in [5, 5.41) is 0. The maximum Gasteiger partial charge on any atom is 0.254 e. The Morgan fingerprint density at radius 3 is 0.957 bits per heavy atom. The first-order chi connectivity index (χ1) is 22.4. The van der Waals surface area contributed by atoms with Gasteiger partial charge >= 0.3 is 0 Å². The molecule has 0 bridgehead atoms. The molecule has 0 aromatic heterocycles. The lowest BCUT2D eigenvalue weighted by atomic mass is 10.1. The molecule has 46 heavy (non-hydrogen) atoms. The average Bonchev–Trinajstić information content (AvgIpc) is 3.09. The maximum atomic E-state index is 13.7. The van der Waals surface area contributed by atoms with Gasteiger partial charge in [-0.15, -0.1) is 0 Å². The number of hydrogen-bond acceptors (Lipinski definition) is 8. The topological polar surface area (TPSA) is 96.0 Å². The van der Waals surface area contributed by atoms with Gasteiger partial charge in [-0.2, -0.15) is 0 Å². The summed E-state index contributed by atoms with van der Waals surface area (Å²) in [5.74, 6) is 1.58. The number of piperazine rings is 1. The van der Waals surface area contributed by atoms with Crippen LogP contribution >= 0.6 is 0 Å². The Labute approximate surface area is 271 Å². The van der Waals surface area contributed by atoms with Crippen LogP contribution in [-0.2, 0) is 0 Å². The first-order valence-corrected chi connectivity index (χ1v) is 14.8. The van der Waals surface area contributed by atoms with E-state index in [0.717, 1.165) is 0 Å². The van der Waals surface area contributed by atoms with Crippen LogP contribution < -0.4 is 28.4 Å². The molecule has 1 aliphatic heterocycles. The summed E-state index contributed by atoms with van der Waals surface area (Å²) in [4.78, 5) is 30.7. The monoisotopic (exact) mass is 630 g/mol. The van der Waals surface area contributed by atoms with Gasteiger partial charge in [0.15, 0.2) is 23.0 Å². The predicted octanol–water partition coefficient (Wildman–Crippen LogP) is 5.67. The van der Waals surface area contributed by atoms with Gasteiger partial charge in [0.1, 0.15) is 39.6 Å². The van der Waals surface area contributed by atoms with Gasteiger partial charge in [0.25, 0.3) is 11.8 Å². The number of nitrogens with zero attached hydrogens (tertiary/aromatic N) is 2. The van der Waals surface area contributed by atoms with E-state index < -0.39 is 0 Å². The molecule has 1 aliphatic rings. The summed E-state index contributed by atoms with van der Waals surface area (Å²) < 4.78 is 34.9. The number of carbonyl (C=O) groups is 2. The van der Waals surface area contributed by atoms with Crippen molar-refractivity contribution in [2.75, 3.05) is 65.8 Å². The van der Waals surface area contributed by atoms with Gasteiger partial charge in [-0.05, 0) is 24.3 Å². The van der Waals surface area contributed by atoms with E-state index >= 15 is 0 Å². The summed E-state index contributed by atoms with van der Waals surface area (Å²) >= 11 is 0. The molecule has 0 atom stereocenters. The molecular weight excluding hydrogens is 588 g/mol. The highest BCUT2D eigenvalue weighted by atomic mass is 16.5. The number of ether oxygens (including phenoxy) is 6. The number of hydrogen-bond donors (Lipinski definition) is 0. The van der Waals surface area contributed by atoms with Gasteiger partial charge in [-0.25, -0.2) is 0 Å². The molecule has 1 heterocycles. The molecule has 2 amide bonds. The molecule has 0 N–H and O–H groups in total. The second kappa shape index (κ2) is 18.4. The smallest absolute Gasteiger partial charge is 0.254 e. The van der Waals surface area contributed by atoms with E-state index in [1.54, 1.807) is 70.5 Å². The van der Waals surface area contributed by atoms with Crippen molar-refractivity contribution in [3.8, 4) is 34.5 Å². The van der Waals surface area contributed by atoms with E-state index in [1.807, 2.05) is 0 Å². The Morgan fingerprint density at radius 2 is 0.717 bits per heavy atom. The van der Waals surface area contributed by atoms with Crippen molar-refractivity contribution < 1.29 is 38.0 Å². The largest absolute Gasteiger partial charge is 0.485 e. The van der Waals surface area contributed by atoms with Crippen LogP contribution in [-0.4, -0.2) is 87.4 Å². The molecule has 0 saturated carbocycles. The molecule has 2 aromatic carbocycles. The third-order valence-electron chi connectivity index (χ3n) is 6.51. The molecule has 1 saturated heterocycles. The Kier molecular flexibility index (Phi) is 14.1. The summed E-state index contributed by atoms with van der Waals surface area (Å²) in [5.41, 5.74) is 0.707. The summed E-state index contributed by atoms with van der Waals surface area (Å²) in [7, 11) is 0. The molecule has 0 aliphatic carbocycles. The number of carbonyl (C=O) groups excluding carboxylic acids is 2. The van der Waals surface area contributed by atoms with Crippen molar-refractivity contribution in [3.05, 3.63) is 111 Å². The quantitative estimate of drug-likeness (QED) is 0.173. The van der Waals surface area contributed by atoms with Crippen LogP contribution in [0.25, 0.3) is 0 Å². The summed E-state index contributed by atoms with van der Waals surface area (Å²) in [6, 6.07) is 6.48. The number of rotatable bonds is 20. The van der Waals surface area contributed by atoms with Crippen LogP contribution in [0.3, 0.4) is 0 Å². The normalized spacial score (nSPS) is 12.3. The first kappa shape index (κ1) is 35.1. The molecule has 10 heteroatoms. The van der Waals surface area contributed by atoms with Crippen molar-refractivity contribution in [2.45, 2.75) is 0 Å². The van der Waals surface area contributed by atoms with Crippen LogP contribution in [0.5, 0.6) is 34.5 Å². The fourth-order valence-electron chi connectivity index (χ4n) is 4.47. The Hall–Kier alpha value is -5.38. The Bertz CT molecular complexity index is 1250. The van der Waals surface area contributed by atoms with Crippen molar-refractivity contribution in [1.29, 1.82) is 0 Å². The van der Waals surface area contributed by atoms with Crippen molar-refractivity contribution in [3.63, 3.8) is 0 Å². The second-order valence-corrected chi connectivity index (χ2v) is 9.79. The van der Waals surface area contributed by atoms with E-state index in [0.29, 0.717) is 71.8 Å². The van der Waals surface area contributed by atoms with Crippen LogP contribution in [0.2, 0.25) is 0 Å². The van der Waals surface area contributed by atoms with Crippen LogP contribution in [0.15, 0.2) is 100 Å². The molecular formula is C36H42N2O8. The minimum absolute atomic E-state index is 0.200. The predicted molar refractivity (Wildman–Crippen MR) is 179 cm³/mol. The van der Waals surface area contributed by atoms with E-state index in [4.69, 9.17) is 28.4 Å². The van der Waals surface area contributed by atoms with Crippen molar-refractivity contribution >= 4 is 11.8 Å². The van der Waals surface area contributed by atoms with Gasteiger partial charge < -0.3 is 38.2 Å². The van der Waals surface area contributed by atoms with E-state index in [1.165, 1.54) is 0 Å². The Balaban J connectivity index is 1.83. The molecule has 1 fully saturated rings. The van der Waals surface area contributed by atoms with Crippen molar-refractivity contribution in [2.24, 2.45) is 0 Å². The van der Waals surface area contributed by atoms with Crippen LogP contribution in [0.4, 0.5) is 0 Å². The zero-order chi connectivity index (χ0) is 33.3. The molecule has 0 radical (unpaired) electrons. The maximum absolute atomic E-state index is 13.7. The fraction of sp³-hybridized carbons (Fsp3) is 0.278. The molecule has 2 aromatic rings. The van der Waals surface area contributed by atoms with Gasteiger partial charge in [0.2, 0.25) is 11.5 Å². The van der Waals surface area contributed by atoms with E-state index in [-0.39, 0.29) is 51.5 Å². The molecule has 0 spiro atoms. The zero-order valence-electron chi connectivity index (χ0n) is 26.2. The molecule has 244 valence electrons. The van der Waals surface area contributed by atoms with Gasteiger partial charge in [0.05, 0.1) is 0 Å². The molecule has 10 nitrogen and oxygen atoms in total. The zero-order valence-corrected chi connectivity index (χ0v) is 26.2. The lowest BCUT2D eigenvalue weighted by molar-refractivity contribution is 0.0534. The fourth-order valence-corrected chi connectivity index (χ4v) is 4.47. The van der Waals surface area contributed by atoms with Gasteiger partial charge in [0, 0.05) is 37.3 Å². The van der Waals surface area contributed by atoms with E-state index in [9.17, 15) is 9.59 Å². The average molecular weight is 631 g/mol. The highest BCUT2D eigenvalue weighted by Gasteiger charge is 2.29. The minimum atomic E-state index is -0.238. The highest BCUT2D eigenvalue weighted by Crippen LogP contribution is 2.41. The highest BCUT2D eigenvalue weighted by molar-refractivity contribution is 5.97. The Morgan fingerprint density at radius 1 is 0.478 bits per heavy atom. The van der Waals surface area contributed by atoms with Gasteiger partial charge in [-0.3, -0.25) is 9.59 Å². The summed E-state index contributed by atoms with van der Waals surface area (Å²) in [6.07, 6.45) is 9.58. The lowest BCUT2D eigenvalue weighted by Gasteiger charge is -2.35. The van der Waals surface area contributed by atoms with E-state index in [2.05, 4.69) is 39.5 Å². The number of amides is 2. The summed E-state index contributed by atoms with van der Waals surface area (Å²) in [6.45, 7) is 24.7. The lowest BCUT2D eigenvalue weighted by Crippen LogP contribution is -2.50. The second-order valence-electron chi connectivity index (χ2n) is 9.79. The third-order valence-corrected chi connectivity index (χ3v) is 6.51. The number of benzene rings is 2. The van der Waals surface area contributed by atoms with Gasteiger partial charge in [-0.1, -0.05) is 75.9 Å². The third kappa shape index (κ3) is 9.31. The van der Waals surface area contributed by atoms with Crippen LogP contribution in [0.1, 0.15) is 20.7 Å². The minimum Gasteiger partial charge on any atom is -0.485 e. The first-order valence-electron chi connectivity index (χ1n) is 14.8. The SMILES string of the molecule is C=CCOc1cc(C(=O)N2CCN(C(=O)c3cc(OCC=C)c(OCC=C)c(OCC=C)c3)CC2)cc(OCC=C)c1OCC=C. The molecule has 0 unspecified atom stereocenters. The standard InChI is InChI=1S/C36H42N2O8/c1-7-17-41-29-23-27(24-30(42-18-8-2)33(29)45-21-11-5)35(39)37-13-15-38(16-14-37)36(40)28-25-31(43-19-9-3)34(46-22-12-6)32(26-28)44-20-10-4/h7-12,23-26H,1-6,13-22H2. The van der Waals surface area contributed by atoms with Crippen LogP contribution in [0, 0.1) is 0 Å². The van der Waals surface area contributed by atoms with Crippen molar-refractivity contribution in [1.82, 2.24) is 9.80 Å².